The molecule has 0 unspecified atom stereocenters. The lowest BCUT2D eigenvalue weighted by Crippen LogP contribution is -2.17. The Morgan fingerprint density at radius 1 is 1.42 bits per heavy atom. The highest BCUT2D eigenvalue weighted by molar-refractivity contribution is 7.16. The van der Waals surface area contributed by atoms with Crippen molar-refractivity contribution in [3.63, 3.8) is 0 Å². The molecule has 3 aromatic rings. The predicted octanol–water partition coefficient (Wildman–Crippen LogP) is 3.46. The van der Waals surface area contributed by atoms with Crippen LogP contribution in [0.5, 0.6) is 0 Å². The maximum atomic E-state index is 12.6. The summed E-state index contributed by atoms with van der Waals surface area (Å²) in [6.45, 7) is 4.42. The first kappa shape index (κ1) is 18.2. The molecule has 0 N–H and O–H groups in total. The van der Waals surface area contributed by atoms with E-state index in [4.69, 9.17) is 6.42 Å². The van der Waals surface area contributed by atoms with E-state index in [2.05, 4.69) is 41.1 Å². The molecule has 0 aliphatic carbocycles. The number of thiazole rings is 1. The quantitative estimate of drug-likeness (QED) is 0.649. The average molecular weight is 366 g/mol. The molecule has 0 aliphatic rings. The smallest absolute Gasteiger partial charge is 0.300 e. The van der Waals surface area contributed by atoms with Crippen LogP contribution in [0.15, 0.2) is 29.4 Å². The number of hydrogen-bond acceptors (Lipinski definition) is 3. The molecule has 0 aliphatic heterocycles. The molecule has 0 fully saturated rings. The van der Waals surface area contributed by atoms with Crippen molar-refractivity contribution in [1.29, 1.82) is 0 Å². The highest BCUT2D eigenvalue weighted by Gasteiger charge is 2.14. The van der Waals surface area contributed by atoms with E-state index < -0.39 is 0 Å². The van der Waals surface area contributed by atoms with Crippen molar-refractivity contribution in [1.82, 2.24) is 14.3 Å². The SMILES string of the molecule is C#CCn1c(=NC(=O)c2nn(C)cc2C)sc2cc(CCCC)ccc21. The van der Waals surface area contributed by atoms with Gasteiger partial charge >= 0.3 is 0 Å². The maximum absolute atomic E-state index is 12.6. The summed E-state index contributed by atoms with van der Waals surface area (Å²) in [5, 5.41) is 4.21. The summed E-state index contributed by atoms with van der Waals surface area (Å²) >= 11 is 1.49. The van der Waals surface area contributed by atoms with Crippen LogP contribution in [-0.4, -0.2) is 20.3 Å². The summed E-state index contributed by atoms with van der Waals surface area (Å²) < 4.78 is 4.64. The van der Waals surface area contributed by atoms with Crippen LogP contribution in [0, 0.1) is 19.3 Å². The fourth-order valence-electron chi connectivity index (χ4n) is 2.94. The third-order valence-electron chi connectivity index (χ3n) is 4.23. The number of amides is 1. The molecule has 2 heterocycles. The summed E-state index contributed by atoms with van der Waals surface area (Å²) in [4.78, 5) is 17.5. The standard InChI is InChI=1S/C20H22N4OS/c1-5-7-8-15-9-10-16-17(12-15)26-20(24(16)11-6-2)21-19(25)18-14(3)13-23(4)22-18/h2,9-10,12-13H,5,7-8,11H2,1,3-4H3. The van der Waals surface area contributed by atoms with Gasteiger partial charge in [-0.3, -0.25) is 9.48 Å². The van der Waals surface area contributed by atoms with Gasteiger partial charge in [0.25, 0.3) is 5.91 Å². The lowest BCUT2D eigenvalue weighted by atomic mass is 10.1. The van der Waals surface area contributed by atoms with Crippen LogP contribution in [0.4, 0.5) is 0 Å². The summed E-state index contributed by atoms with van der Waals surface area (Å²) in [5.74, 6) is 2.32. The first-order chi connectivity index (χ1) is 12.5. The van der Waals surface area contributed by atoms with Crippen molar-refractivity contribution in [2.75, 3.05) is 0 Å². The Kier molecular flexibility index (Phi) is 5.38. The Hall–Kier alpha value is -2.65. The van der Waals surface area contributed by atoms with Crippen molar-refractivity contribution < 1.29 is 4.79 Å². The zero-order valence-corrected chi connectivity index (χ0v) is 16.1. The third kappa shape index (κ3) is 3.63. The molecule has 6 heteroatoms. The van der Waals surface area contributed by atoms with E-state index in [-0.39, 0.29) is 5.91 Å². The van der Waals surface area contributed by atoms with Crippen LogP contribution in [0.3, 0.4) is 0 Å². The average Bonchev–Trinajstić information content (AvgIpc) is 3.12. The molecule has 134 valence electrons. The number of benzene rings is 1. The van der Waals surface area contributed by atoms with Gasteiger partial charge in [-0.2, -0.15) is 10.1 Å². The van der Waals surface area contributed by atoms with Gasteiger partial charge in [0.1, 0.15) is 0 Å². The number of rotatable bonds is 5. The Balaban J connectivity index is 2.08. The van der Waals surface area contributed by atoms with Crippen LogP contribution >= 0.6 is 11.3 Å². The van der Waals surface area contributed by atoms with Gasteiger partial charge in [0.15, 0.2) is 10.5 Å². The van der Waals surface area contributed by atoms with Crippen molar-refractivity contribution in [3.8, 4) is 12.3 Å². The highest BCUT2D eigenvalue weighted by atomic mass is 32.1. The number of nitrogens with zero attached hydrogens (tertiary/aromatic N) is 4. The first-order valence-corrected chi connectivity index (χ1v) is 9.50. The number of aromatic nitrogens is 3. The van der Waals surface area contributed by atoms with Gasteiger partial charge in [0.2, 0.25) is 0 Å². The van der Waals surface area contributed by atoms with Gasteiger partial charge in [0, 0.05) is 18.8 Å². The second-order valence-electron chi connectivity index (χ2n) is 6.33. The Bertz CT molecular complexity index is 1060. The normalized spacial score (nSPS) is 11.8. The van der Waals surface area contributed by atoms with Gasteiger partial charge in [-0.25, -0.2) is 0 Å². The maximum Gasteiger partial charge on any atom is 0.300 e. The molecule has 0 bridgehead atoms. The number of fused-ring (bicyclic) bond motifs is 1. The van der Waals surface area contributed by atoms with E-state index in [1.54, 1.807) is 11.7 Å². The van der Waals surface area contributed by atoms with E-state index in [1.807, 2.05) is 17.7 Å². The Morgan fingerprint density at radius 2 is 2.23 bits per heavy atom. The highest BCUT2D eigenvalue weighted by Crippen LogP contribution is 2.20. The predicted molar refractivity (Wildman–Crippen MR) is 105 cm³/mol. The topological polar surface area (TPSA) is 52.2 Å². The molecule has 1 amide bonds. The molecule has 0 radical (unpaired) electrons. The minimum absolute atomic E-state index is 0.341. The van der Waals surface area contributed by atoms with Crippen molar-refractivity contribution in [2.24, 2.45) is 12.0 Å². The summed E-state index contributed by atoms with van der Waals surface area (Å²) in [6.07, 6.45) is 10.7. The van der Waals surface area contributed by atoms with Gasteiger partial charge < -0.3 is 4.57 Å². The second-order valence-corrected chi connectivity index (χ2v) is 7.34. The van der Waals surface area contributed by atoms with E-state index in [0.717, 1.165) is 35.0 Å². The van der Waals surface area contributed by atoms with Crippen molar-refractivity contribution in [3.05, 3.63) is 46.0 Å². The number of carbonyl (C=O) groups excluding carboxylic acids is 1. The molecular weight excluding hydrogens is 344 g/mol. The van der Waals surface area contributed by atoms with Crippen LogP contribution < -0.4 is 4.80 Å². The molecule has 3 rings (SSSR count). The second kappa shape index (κ2) is 7.71. The number of unbranched alkanes of at least 4 members (excludes halogenated alkanes) is 1. The largest absolute Gasteiger partial charge is 0.305 e. The summed E-state index contributed by atoms with van der Waals surface area (Å²) in [6, 6.07) is 6.38. The van der Waals surface area contributed by atoms with Crippen LogP contribution in [0.1, 0.15) is 41.4 Å². The lowest BCUT2D eigenvalue weighted by Gasteiger charge is -2.02. The zero-order valence-electron chi connectivity index (χ0n) is 15.3. The van der Waals surface area contributed by atoms with Gasteiger partial charge in [-0.05, 0) is 37.5 Å². The van der Waals surface area contributed by atoms with Gasteiger partial charge in [-0.1, -0.05) is 36.7 Å². The van der Waals surface area contributed by atoms with Crippen LogP contribution in [0.25, 0.3) is 10.2 Å². The van der Waals surface area contributed by atoms with Gasteiger partial charge in [0.05, 0.1) is 16.8 Å². The Labute approximate surface area is 157 Å². The lowest BCUT2D eigenvalue weighted by molar-refractivity contribution is 0.0992. The van der Waals surface area contributed by atoms with E-state index >= 15 is 0 Å². The molecule has 5 nitrogen and oxygen atoms in total. The van der Waals surface area contributed by atoms with Gasteiger partial charge in [-0.15, -0.1) is 6.42 Å². The minimum atomic E-state index is -0.341. The first-order valence-electron chi connectivity index (χ1n) is 8.68. The number of terminal acetylenes is 1. The summed E-state index contributed by atoms with van der Waals surface area (Å²) in [5.41, 5.74) is 3.50. The van der Waals surface area contributed by atoms with Crippen LogP contribution in [0.2, 0.25) is 0 Å². The number of hydrogen-bond donors (Lipinski definition) is 0. The zero-order chi connectivity index (χ0) is 18.7. The van der Waals surface area contributed by atoms with Crippen molar-refractivity contribution in [2.45, 2.75) is 39.7 Å². The molecular formula is C20H22N4OS. The van der Waals surface area contributed by atoms with E-state index in [0.29, 0.717) is 17.0 Å². The molecule has 0 saturated carbocycles. The third-order valence-corrected chi connectivity index (χ3v) is 5.27. The fraction of sp³-hybridized carbons (Fsp3) is 0.350. The number of aryl methyl sites for hydroxylation is 3. The molecule has 0 saturated heterocycles. The monoisotopic (exact) mass is 366 g/mol. The van der Waals surface area contributed by atoms with E-state index in [9.17, 15) is 4.79 Å². The number of carbonyl (C=O) groups is 1. The van der Waals surface area contributed by atoms with E-state index in [1.165, 1.54) is 16.9 Å². The summed E-state index contributed by atoms with van der Waals surface area (Å²) in [7, 11) is 1.79. The van der Waals surface area contributed by atoms with Crippen LogP contribution in [-0.2, 0) is 20.0 Å². The molecule has 26 heavy (non-hydrogen) atoms. The molecule has 0 spiro atoms. The molecule has 0 atom stereocenters. The molecule has 2 aromatic heterocycles. The fourth-order valence-corrected chi connectivity index (χ4v) is 4.03. The minimum Gasteiger partial charge on any atom is -0.305 e. The molecule has 1 aromatic carbocycles. The van der Waals surface area contributed by atoms with Crippen molar-refractivity contribution >= 4 is 27.5 Å². The Morgan fingerprint density at radius 3 is 2.88 bits per heavy atom.